The van der Waals surface area contributed by atoms with Crippen molar-refractivity contribution in [2.75, 3.05) is 19.0 Å². The van der Waals surface area contributed by atoms with Gasteiger partial charge in [0.05, 0.1) is 10.7 Å². The van der Waals surface area contributed by atoms with Crippen molar-refractivity contribution in [1.82, 2.24) is 0 Å². The molecule has 0 saturated heterocycles. The number of halogens is 1. The van der Waals surface area contributed by atoms with E-state index in [9.17, 15) is 9.90 Å². The van der Waals surface area contributed by atoms with Gasteiger partial charge in [0.15, 0.2) is 0 Å². The third-order valence-electron chi connectivity index (χ3n) is 1.78. The number of hydrogen-bond donors (Lipinski definition) is 2. The molecule has 4 nitrogen and oxygen atoms in total. The van der Waals surface area contributed by atoms with Crippen molar-refractivity contribution in [2.45, 2.75) is 0 Å². The molecule has 5 heteroatoms. The summed E-state index contributed by atoms with van der Waals surface area (Å²) >= 11 is 5.82. The van der Waals surface area contributed by atoms with Crippen LogP contribution in [0.4, 0.5) is 5.69 Å². The summed E-state index contributed by atoms with van der Waals surface area (Å²) in [6, 6.07) is 2.56. The fourth-order valence-corrected chi connectivity index (χ4v) is 1.40. The zero-order chi connectivity index (χ0) is 10.9. The standard InChI is InChI=1S/C9H10ClNO3/c1-11(2)7-4-8(12)5(9(13)14)3-6(7)10/h3-4,12H,1-2H3,(H,13,14). The zero-order valence-corrected chi connectivity index (χ0v) is 8.54. The first kappa shape index (κ1) is 10.7. The van der Waals surface area contributed by atoms with Crippen LogP contribution in [0.1, 0.15) is 10.4 Å². The van der Waals surface area contributed by atoms with E-state index in [4.69, 9.17) is 16.7 Å². The molecule has 1 aromatic rings. The highest BCUT2D eigenvalue weighted by Gasteiger charge is 2.14. The fraction of sp³-hybridized carbons (Fsp3) is 0.222. The molecule has 0 aliphatic heterocycles. The first-order valence-corrected chi connectivity index (χ1v) is 4.24. The second-order valence-electron chi connectivity index (χ2n) is 3.02. The summed E-state index contributed by atoms with van der Waals surface area (Å²) in [6.45, 7) is 0. The fourth-order valence-electron chi connectivity index (χ4n) is 1.06. The molecule has 0 atom stereocenters. The average Bonchev–Trinajstić information content (AvgIpc) is 2.07. The molecule has 76 valence electrons. The average molecular weight is 216 g/mol. The van der Waals surface area contributed by atoms with Gasteiger partial charge in [0.25, 0.3) is 0 Å². The molecule has 0 fully saturated rings. The van der Waals surface area contributed by atoms with Crippen LogP contribution in [0, 0.1) is 0 Å². The number of rotatable bonds is 2. The van der Waals surface area contributed by atoms with Crippen molar-refractivity contribution in [3.63, 3.8) is 0 Å². The normalized spacial score (nSPS) is 9.93. The Labute approximate surface area is 86.3 Å². The molecule has 0 radical (unpaired) electrons. The van der Waals surface area contributed by atoms with Crippen molar-refractivity contribution < 1.29 is 15.0 Å². The lowest BCUT2D eigenvalue weighted by Crippen LogP contribution is -2.10. The number of aromatic hydroxyl groups is 1. The zero-order valence-electron chi connectivity index (χ0n) is 7.78. The molecule has 0 saturated carbocycles. The van der Waals surface area contributed by atoms with Gasteiger partial charge in [-0.05, 0) is 6.07 Å². The number of carboxylic acids is 1. The maximum Gasteiger partial charge on any atom is 0.339 e. The van der Waals surface area contributed by atoms with Crippen LogP contribution in [0.2, 0.25) is 5.02 Å². The molecular weight excluding hydrogens is 206 g/mol. The van der Waals surface area contributed by atoms with Crippen LogP contribution in [0.25, 0.3) is 0 Å². The van der Waals surface area contributed by atoms with E-state index in [1.807, 2.05) is 0 Å². The second kappa shape index (κ2) is 3.75. The van der Waals surface area contributed by atoms with E-state index in [0.29, 0.717) is 10.7 Å². The van der Waals surface area contributed by atoms with Gasteiger partial charge in [-0.25, -0.2) is 4.79 Å². The molecular formula is C9H10ClNO3. The highest BCUT2D eigenvalue weighted by atomic mass is 35.5. The van der Waals surface area contributed by atoms with Crippen LogP contribution in [-0.4, -0.2) is 30.3 Å². The minimum atomic E-state index is -1.20. The monoisotopic (exact) mass is 215 g/mol. The third-order valence-corrected chi connectivity index (χ3v) is 2.08. The summed E-state index contributed by atoms with van der Waals surface area (Å²) < 4.78 is 0. The van der Waals surface area contributed by atoms with Gasteiger partial charge < -0.3 is 15.1 Å². The summed E-state index contributed by atoms with van der Waals surface area (Å²) in [5.41, 5.74) is 0.384. The smallest absolute Gasteiger partial charge is 0.339 e. The Hall–Kier alpha value is -1.42. The van der Waals surface area contributed by atoms with Gasteiger partial charge in [-0.2, -0.15) is 0 Å². The number of carboxylic acid groups (broad SMARTS) is 1. The summed E-state index contributed by atoms with van der Waals surface area (Å²) in [7, 11) is 3.50. The highest BCUT2D eigenvalue weighted by molar-refractivity contribution is 6.33. The number of benzene rings is 1. The number of carbonyl (C=O) groups is 1. The molecule has 0 heterocycles. The van der Waals surface area contributed by atoms with Crippen LogP contribution in [0.3, 0.4) is 0 Å². The molecule has 1 aromatic carbocycles. The van der Waals surface area contributed by atoms with Crippen LogP contribution in [-0.2, 0) is 0 Å². The lowest BCUT2D eigenvalue weighted by molar-refractivity contribution is 0.0694. The first-order valence-electron chi connectivity index (χ1n) is 3.86. The van der Waals surface area contributed by atoms with Crippen LogP contribution in [0.15, 0.2) is 12.1 Å². The van der Waals surface area contributed by atoms with Gasteiger partial charge in [-0.3, -0.25) is 0 Å². The SMILES string of the molecule is CN(C)c1cc(O)c(C(=O)O)cc1Cl. The molecule has 2 N–H and O–H groups in total. The minimum Gasteiger partial charge on any atom is -0.507 e. The van der Waals surface area contributed by atoms with E-state index < -0.39 is 5.97 Å². The van der Waals surface area contributed by atoms with E-state index in [1.165, 1.54) is 12.1 Å². The van der Waals surface area contributed by atoms with Crippen molar-refractivity contribution in [2.24, 2.45) is 0 Å². The molecule has 1 rings (SSSR count). The number of nitrogens with zero attached hydrogens (tertiary/aromatic N) is 1. The Morgan fingerprint density at radius 1 is 1.43 bits per heavy atom. The number of aromatic carboxylic acids is 1. The number of phenols is 1. The molecule has 0 amide bonds. The predicted octanol–water partition coefficient (Wildman–Crippen LogP) is 1.81. The Bertz CT molecular complexity index is 377. The summed E-state index contributed by atoms with van der Waals surface area (Å²) in [5, 5.41) is 18.4. The number of hydrogen-bond acceptors (Lipinski definition) is 3. The summed E-state index contributed by atoms with van der Waals surface area (Å²) in [6.07, 6.45) is 0. The minimum absolute atomic E-state index is 0.194. The van der Waals surface area contributed by atoms with Crippen LogP contribution >= 0.6 is 11.6 Å². The van der Waals surface area contributed by atoms with Crippen LogP contribution in [0.5, 0.6) is 5.75 Å². The topological polar surface area (TPSA) is 60.8 Å². The van der Waals surface area contributed by atoms with Crippen molar-refractivity contribution >= 4 is 23.3 Å². The first-order chi connectivity index (χ1) is 6.43. The third kappa shape index (κ3) is 1.90. The lowest BCUT2D eigenvalue weighted by Gasteiger charge is -2.15. The summed E-state index contributed by atoms with van der Waals surface area (Å²) in [4.78, 5) is 12.3. The largest absolute Gasteiger partial charge is 0.507 e. The van der Waals surface area contributed by atoms with E-state index in [1.54, 1.807) is 19.0 Å². The Morgan fingerprint density at radius 3 is 2.43 bits per heavy atom. The highest BCUT2D eigenvalue weighted by Crippen LogP contribution is 2.31. The molecule has 0 bridgehead atoms. The van der Waals surface area contributed by atoms with Crippen molar-refractivity contribution in [3.05, 3.63) is 22.7 Å². The van der Waals surface area contributed by atoms with Gasteiger partial charge in [0.1, 0.15) is 11.3 Å². The maximum atomic E-state index is 10.6. The molecule has 0 aliphatic carbocycles. The van der Waals surface area contributed by atoms with E-state index >= 15 is 0 Å². The van der Waals surface area contributed by atoms with E-state index in [2.05, 4.69) is 0 Å². The van der Waals surface area contributed by atoms with Crippen molar-refractivity contribution in [1.29, 1.82) is 0 Å². The summed E-state index contributed by atoms with van der Waals surface area (Å²) in [5.74, 6) is -1.49. The Balaban J connectivity index is 3.31. The van der Waals surface area contributed by atoms with Gasteiger partial charge in [-0.15, -0.1) is 0 Å². The van der Waals surface area contributed by atoms with Gasteiger partial charge in [0.2, 0.25) is 0 Å². The maximum absolute atomic E-state index is 10.6. The molecule has 0 spiro atoms. The van der Waals surface area contributed by atoms with Gasteiger partial charge in [-0.1, -0.05) is 11.6 Å². The second-order valence-corrected chi connectivity index (χ2v) is 3.43. The quantitative estimate of drug-likeness (QED) is 0.790. The van der Waals surface area contributed by atoms with E-state index in [0.717, 1.165) is 0 Å². The predicted molar refractivity (Wildman–Crippen MR) is 54.4 cm³/mol. The molecule has 14 heavy (non-hydrogen) atoms. The van der Waals surface area contributed by atoms with Crippen molar-refractivity contribution in [3.8, 4) is 5.75 Å². The molecule has 0 aromatic heterocycles. The Morgan fingerprint density at radius 2 is 2.00 bits per heavy atom. The van der Waals surface area contributed by atoms with Crippen LogP contribution < -0.4 is 4.90 Å². The lowest BCUT2D eigenvalue weighted by atomic mass is 10.1. The van der Waals surface area contributed by atoms with Gasteiger partial charge in [0, 0.05) is 20.2 Å². The van der Waals surface area contributed by atoms with Gasteiger partial charge >= 0.3 is 5.97 Å². The Kier molecular flexibility index (Phi) is 2.86. The van der Waals surface area contributed by atoms with E-state index in [-0.39, 0.29) is 11.3 Å². The molecule has 0 unspecified atom stereocenters. The molecule has 0 aliphatic rings. The number of anilines is 1.